The van der Waals surface area contributed by atoms with Gasteiger partial charge < -0.3 is 9.90 Å². The number of aldehydes is 1. The summed E-state index contributed by atoms with van der Waals surface area (Å²) in [6, 6.07) is 0. The zero-order chi connectivity index (χ0) is 15.9. The molecule has 0 aromatic rings. The van der Waals surface area contributed by atoms with Crippen molar-refractivity contribution in [2.45, 2.75) is 46.5 Å². The number of aliphatic carboxylic acids is 1. The summed E-state index contributed by atoms with van der Waals surface area (Å²) in [5.74, 6) is 1.39. The highest BCUT2D eigenvalue weighted by Crippen LogP contribution is 2.77. The first-order chi connectivity index (χ1) is 10.4. The van der Waals surface area contributed by atoms with Gasteiger partial charge in [0.05, 0.1) is 0 Å². The van der Waals surface area contributed by atoms with Gasteiger partial charge in [-0.05, 0) is 54.8 Å². The van der Waals surface area contributed by atoms with E-state index >= 15 is 0 Å². The number of carboxylic acid groups (broad SMARTS) is 1. The van der Waals surface area contributed by atoms with Crippen LogP contribution in [0.3, 0.4) is 0 Å². The summed E-state index contributed by atoms with van der Waals surface area (Å²) >= 11 is 0. The van der Waals surface area contributed by atoms with E-state index in [0.29, 0.717) is 17.8 Å². The van der Waals surface area contributed by atoms with Crippen LogP contribution in [0.5, 0.6) is 0 Å². The first-order valence-corrected chi connectivity index (χ1v) is 8.82. The molecular formula is C19H26O3. The number of carboxylic acids is 1. The Morgan fingerprint density at radius 3 is 2.68 bits per heavy atom. The highest BCUT2D eigenvalue weighted by molar-refractivity contribution is 5.89. The number of hydrogen-bond acceptors (Lipinski definition) is 2. The predicted molar refractivity (Wildman–Crippen MR) is 83.1 cm³/mol. The lowest BCUT2D eigenvalue weighted by Gasteiger charge is -2.53. The third-order valence-corrected chi connectivity index (χ3v) is 7.77. The van der Waals surface area contributed by atoms with E-state index in [4.69, 9.17) is 0 Å². The summed E-state index contributed by atoms with van der Waals surface area (Å²) < 4.78 is 0. The molecule has 3 heteroatoms. The Kier molecular flexibility index (Phi) is 2.79. The third-order valence-electron chi connectivity index (χ3n) is 7.77. The van der Waals surface area contributed by atoms with Gasteiger partial charge in [-0.2, -0.15) is 0 Å². The van der Waals surface area contributed by atoms with Crippen molar-refractivity contribution in [3.05, 3.63) is 11.6 Å². The molecule has 0 aliphatic heterocycles. The average molecular weight is 302 g/mol. The fraction of sp³-hybridized carbons (Fsp3) is 0.789. The summed E-state index contributed by atoms with van der Waals surface area (Å²) in [5.41, 5.74) is -0.499. The molecule has 3 saturated carbocycles. The van der Waals surface area contributed by atoms with Gasteiger partial charge in [0.2, 0.25) is 0 Å². The van der Waals surface area contributed by atoms with Crippen molar-refractivity contribution in [1.82, 2.24) is 0 Å². The number of fused-ring (bicyclic) bond motifs is 2. The molecule has 0 aromatic carbocycles. The van der Waals surface area contributed by atoms with Crippen molar-refractivity contribution in [2.24, 2.45) is 46.3 Å². The SMILES string of the molecule is CC(C)C1=CC2CC3(C=O)C4CCC(C)C4CC2C13C(=O)O. The highest BCUT2D eigenvalue weighted by Gasteiger charge is 2.78. The zero-order valence-corrected chi connectivity index (χ0v) is 13.7. The Labute approximate surface area is 132 Å². The van der Waals surface area contributed by atoms with E-state index in [1.54, 1.807) is 0 Å². The molecule has 22 heavy (non-hydrogen) atoms. The summed E-state index contributed by atoms with van der Waals surface area (Å²) in [4.78, 5) is 24.9. The number of carbonyl (C=O) groups excluding carboxylic acids is 1. The molecule has 0 amide bonds. The second-order valence-corrected chi connectivity index (χ2v) is 8.58. The van der Waals surface area contributed by atoms with Crippen LogP contribution in [0.15, 0.2) is 11.6 Å². The average Bonchev–Trinajstić information content (AvgIpc) is 3.06. The summed E-state index contributed by atoms with van der Waals surface area (Å²) in [6.45, 7) is 6.46. The Morgan fingerprint density at radius 1 is 1.36 bits per heavy atom. The lowest BCUT2D eigenvalue weighted by Crippen LogP contribution is -2.58. The second-order valence-electron chi connectivity index (χ2n) is 8.58. The second kappa shape index (κ2) is 4.24. The molecule has 3 fully saturated rings. The van der Waals surface area contributed by atoms with Crippen molar-refractivity contribution in [1.29, 1.82) is 0 Å². The highest BCUT2D eigenvalue weighted by atomic mass is 16.4. The molecule has 0 heterocycles. The minimum absolute atomic E-state index is 0.148. The van der Waals surface area contributed by atoms with Crippen molar-refractivity contribution in [3.63, 3.8) is 0 Å². The monoisotopic (exact) mass is 302 g/mol. The zero-order valence-electron chi connectivity index (χ0n) is 13.7. The molecule has 7 unspecified atom stereocenters. The van der Waals surface area contributed by atoms with Crippen LogP contribution in [-0.4, -0.2) is 17.4 Å². The molecule has 120 valence electrons. The number of rotatable bonds is 3. The molecule has 0 radical (unpaired) electrons. The van der Waals surface area contributed by atoms with Crippen LogP contribution in [0.25, 0.3) is 0 Å². The minimum atomic E-state index is -0.904. The van der Waals surface area contributed by atoms with Gasteiger partial charge in [-0.1, -0.05) is 38.8 Å². The topological polar surface area (TPSA) is 54.4 Å². The van der Waals surface area contributed by atoms with Gasteiger partial charge in [0.1, 0.15) is 11.7 Å². The van der Waals surface area contributed by atoms with E-state index < -0.39 is 16.8 Å². The van der Waals surface area contributed by atoms with E-state index in [0.717, 1.165) is 37.5 Å². The van der Waals surface area contributed by atoms with Gasteiger partial charge in [-0.3, -0.25) is 4.79 Å². The molecule has 3 nitrogen and oxygen atoms in total. The van der Waals surface area contributed by atoms with Crippen molar-refractivity contribution in [2.75, 3.05) is 0 Å². The van der Waals surface area contributed by atoms with E-state index in [-0.39, 0.29) is 17.8 Å². The molecule has 0 saturated heterocycles. The molecule has 0 aromatic heterocycles. The van der Waals surface area contributed by atoms with Gasteiger partial charge in [-0.25, -0.2) is 0 Å². The van der Waals surface area contributed by atoms with Crippen LogP contribution >= 0.6 is 0 Å². The normalized spacial score (nSPS) is 51.8. The smallest absolute Gasteiger partial charge is 0.315 e. The van der Waals surface area contributed by atoms with Gasteiger partial charge in [0.15, 0.2) is 0 Å². The fourth-order valence-corrected chi connectivity index (χ4v) is 7.13. The molecule has 0 spiro atoms. The first-order valence-electron chi connectivity index (χ1n) is 8.82. The van der Waals surface area contributed by atoms with Crippen molar-refractivity contribution < 1.29 is 14.7 Å². The van der Waals surface area contributed by atoms with Gasteiger partial charge in [-0.15, -0.1) is 0 Å². The van der Waals surface area contributed by atoms with Crippen molar-refractivity contribution in [3.8, 4) is 0 Å². The van der Waals surface area contributed by atoms with Crippen LogP contribution in [0.1, 0.15) is 46.5 Å². The molecule has 4 bridgehead atoms. The van der Waals surface area contributed by atoms with E-state index in [9.17, 15) is 14.7 Å². The lowest BCUT2D eigenvalue weighted by atomic mass is 9.47. The standard InChI is InChI=1S/C19H26O3/c1-10(2)15-6-12-8-18(9-20)14-5-4-11(3)13(14)7-16(12)19(15,18)17(21)22/h6,9-14,16H,4-5,7-8H2,1-3H3,(H,21,22). The minimum Gasteiger partial charge on any atom is -0.481 e. The number of carbonyl (C=O) groups is 2. The molecule has 4 aliphatic rings. The summed E-state index contributed by atoms with van der Waals surface area (Å²) in [5, 5.41) is 10.3. The summed E-state index contributed by atoms with van der Waals surface area (Å²) in [7, 11) is 0. The molecule has 4 rings (SSSR count). The fourth-order valence-electron chi connectivity index (χ4n) is 7.13. The van der Waals surface area contributed by atoms with Crippen LogP contribution in [0, 0.1) is 46.3 Å². The van der Waals surface area contributed by atoms with Gasteiger partial charge in [0, 0.05) is 5.41 Å². The Balaban J connectivity index is 1.95. The van der Waals surface area contributed by atoms with Gasteiger partial charge >= 0.3 is 5.97 Å². The molecule has 4 aliphatic carbocycles. The molecule has 7 atom stereocenters. The Hall–Kier alpha value is -1.12. The van der Waals surface area contributed by atoms with E-state index in [1.807, 2.05) is 0 Å². The third kappa shape index (κ3) is 1.27. The summed E-state index contributed by atoms with van der Waals surface area (Å²) in [6.07, 6.45) is 7.28. The van der Waals surface area contributed by atoms with Crippen LogP contribution < -0.4 is 0 Å². The van der Waals surface area contributed by atoms with Crippen LogP contribution in [0.2, 0.25) is 0 Å². The first kappa shape index (κ1) is 14.5. The van der Waals surface area contributed by atoms with Crippen LogP contribution in [0.4, 0.5) is 0 Å². The quantitative estimate of drug-likeness (QED) is 0.641. The lowest BCUT2D eigenvalue weighted by molar-refractivity contribution is -0.169. The van der Waals surface area contributed by atoms with E-state index in [1.165, 1.54) is 0 Å². The van der Waals surface area contributed by atoms with Gasteiger partial charge in [0.25, 0.3) is 0 Å². The molecule has 1 N–H and O–H groups in total. The largest absolute Gasteiger partial charge is 0.481 e. The number of hydrogen-bond donors (Lipinski definition) is 1. The van der Waals surface area contributed by atoms with E-state index in [2.05, 4.69) is 26.8 Å². The maximum Gasteiger partial charge on any atom is 0.315 e. The number of allylic oxidation sites excluding steroid dienone is 1. The van der Waals surface area contributed by atoms with Crippen molar-refractivity contribution >= 4 is 12.3 Å². The maximum absolute atomic E-state index is 12.5. The van der Waals surface area contributed by atoms with Crippen LogP contribution in [-0.2, 0) is 9.59 Å². The predicted octanol–water partition coefficient (Wildman–Crippen LogP) is 3.54. The maximum atomic E-state index is 12.5. The Bertz CT molecular complexity index is 577. The Morgan fingerprint density at radius 2 is 2.09 bits per heavy atom. The molecular weight excluding hydrogens is 276 g/mol.